The molecule has 0 N–H and O–H groups in total. The average Bonchev–Trinajstić information content (AvgIpc) is 3.72. The van der Waals surface area contributed by atoms with Gasteiger partial charge in [0.15, 0.2) is 8.07 Å². The predicted molar refractivity (Wildman–Crippen MR) is 218 cm³/mol. The van der Waals surface area contributed by atoms with Crippen molar-refractivity contribution in [3.05, 3.63) is 194 Å². The van der Waals surface area contributed by atoms with Crippen molar-refractivity contribution >= 4 is 72.4 Å². The van der Waals surface area contributed by atoms with Crippen molar-refractivity contribution in [3.63, 3.8) is 0 Å². The molecule has 0 bridgehead atoms. The van der Waals surface area contributed by atoms with Gasteiger partial charge in [-0.05, 0) is 74.3 Å². The Bertz CT molecular complexity index is 2920. The Hall–Kier alpha value is -6.42. The van der Waals surface area contributed by atoms with E-state index in [1.54, 1.807) is 0 Å². The Morgan fingerprint density at radius 3 is 1.59 bits per heavy atom. The summed E-state index contributed by atoms with van der Waals surface area (Å²) < 4.78 is 5.06. The quantitative estimate of drug-likeness (QED) is 0.166. The Labute approximate surface area is 297 Å². The zero-order chi connectivity index (χ0) is 33.5. The van der Waals surface area contributed by atoms with Crippen LogP contribution < -0.4 is 20.7 Å². The molecular weight excluding hydrogens is 633 g/mol. The summed E-state index contributed by atoms with van der Waals surface area (Å²) in [7, 11) is -2.84. The highest BCUT2D eigenvalue weighted by Crippen LogP contribution is 2.39. The molecule has 2 nitrogen and oxygen atoms in total. The molecule has 0 atom stereocenters. The number of rotatable bonds is 4. The van der Waals surface area contributed by atoms with Gasteiger partial charge in [0.1, 0.15) is 0 Å². The fourth-order valence-corrected chi connectivity index (χ4v) is 14.2. The standard InChI is InChI=1S/C48H32N2Si/c1-4-16-33(17-5-1)34-28-29-44-40(30-34)38-22-10-12-24-42(38)49(44)35-31-41-39-23-11-13-25-43(39)50-45-26-14-15-27-46(45)51(47(32-35)48(41)50,36-18-6-2-7-19-36)37-20-8-3-9-21-37/h1-32H. The van der Waals surface area contributed by atoms with Gasteiger partial charge >= 0.3 is 0 Å². The second-order valence-corrected chi connectivity index (χ2v) is 17.4. The van der Waals surface area contributed by atoms with Crippen LogP contribution in [0.1, 0.15) is 0 Å². The topological polar surface area (TPSA) is 9.86 Å². The summed E-state index contributed by atoms with van der Waals surface area (Å²) in [5, 5.41) is 10.7. The minimum atomic E-state index is -2.84. The van der Waals surface area contributed by atoms with Gasteiger partial charge in [-0.15, -0.1) is 0 Å². The third kappa shape index (κ3) is 3.87. The van der Waals surface area contributed by atoms with Crippen molar-refractivity contribution in [2.24, 2.45) is 0 Å². The van der Waals surface area contributed by atoms with Gasteiger partial charge in [0.05, 0.1) is 22.1 Å². The molecule has 0 fully saturated rings. The van der Waals surface area contributed by atoms with Gasteiger partial charge in [-0.2, -0.15) is 0 Å². The number of nitrogens with zero attached hydrogens (tertiary/aromatic N) is 2. The van der Waals surface area contributed by atoms with Crippen molar-refractivity contribution in [2.45, 2.75) is 0 Å². The van der Waals surface area contributed by atoms with Crippen molar-refractivity contribution in [1.82, 2.24) is 9.13 Å². The molecule has 238 valence electrons. The van der Waals surface area contributed by atoms with E-state index in [9.17, 15) is 0 Å². The van der Waals surface area contributed by atoms with Gasteiger partial charge in [0.2, 0.25) is 0 Å². The molecular formula is C48H32N2Si. The molecule has 2 aromatic heterocycles. The van der Waals surface area contributed by atoms with E-state index in [-0.39, 0.29) is 0 Å². The van der Waals surface area contributed by atoms with Gasteiger partial charge < -0.3 is 9.13 Å². The maximum atomic E-state index is 2.55. The van der Waals surface area contributed by atoms with Crippen LogP contribution in [0.3, 0.4) is 0 Å². The smallest absolute Gasteiger partial charge is 0.184 e. The molecule has 3 heteroatoms. The zero-order valence-electron chi connectivity index (χ0n) is 27.9. The van der Waals surface area contributed by atoms with Crippen LogP contribution in [-0.2, 0) is 0 Å². The third-order valence-corrected chi connectivity index (χ3v) is 16.0. The number of fused-ring (bicyclic) bond motifs is 8. The number of hydrogen-bond acceptors (Lipinski definition) is 0. The lowest BCUT2D eigenvalue weighted by atomic mass is 10.0. The number of para-hydroxylation sites is 3. The first-order valence-corrected chi connectivity index (χ1v) is 19.7. The zero-order valence-corrected chi connectivity index (χ0v) is 28.9. The fraction of sp³-hybridized carbons (Fsp3) is 0. The van der Waals surface area contributed by atoms with E-state index >= 15 is 0 Å². The molecule has 51 heavy (non-hydrogen) atoms. The molecule has 1 aliphatic rings. The second kappa shape index (κ2) is 10.8. The van der Waals surface area contributed by atoms with Gasteiger partial charge in [0, 0.05) is 32.9 Å². The highest BCUT2D eigenvalue weighted by atomic mass is 28.3. The molecule has 0 amide bonds. The highest BCUT2D eigenvalue weighted by molar-refractivity contribution is 7.21. The summed E-state index contributed by atoms with van der Waals surface area (Å²) in [6.45, 7) is 0. The molecule has 0 saturated heterocycles. The summed E-state index contributed by atoms with van der Waals surface area (Å²) in [6, 6.07) is 72.4. The summed E-state index contributed by atoms with van der Waals surface area (Å²) in [5.74, 6) is 0. The maximum absolute atomic E-state index is 2.84. The Morgan fingerprint density at radius 1 is 0.333 bits per heavy atom. The molecule has 1 aliphatic heterocycles. The van der Waals surface area contributed by atoms with Gasteiger partial charge in [0.25, 0.3) is 0 Å². The van der Waals surface area contributed by atoms with E-state index in [0.29, 0.717) is 0 Å². The lowest BCUT2D eigenvalue weighted by Crippen LogP contribution is -2.76. The first-order valence-electron chi connectivity index (χ1n) is 17.7. The van der Waals surface area contributed by atoms with Crippen LogP contribution in [0.15, 0.2) is 194 Å². The first-order chi connectivity index (χ1) is 25.3. The van der Waals surface area contributed by atoms with E-state index < -0.39 is 8.07 Å². The number of benzene rings is 8. The third-order valence-electron chi connectivity index (χ3n) is 11.2. The van der Waals surface area contributed by atoms with Gasteiger partial charge in [-0.1, -0.05) is 152 Å². The number of hydrogen-bond donors (Lipinski definition) is 0. The van der Waals surface area contributed by atoms with Crippen LogP contribution >= 0.6 is 0 Å². The molecule has 11 rings (SSSR count). The van der Waals surface area contributed by atoms with Crippen molar-refractivity contribution in [1.29, 1.82) is 0 Å². The SMILES string of the molecule is c1ccc(-c2ccc3c(c2)c2ccccc2n3-c2cc3c4c(c2)c2ccccc2n4-c2ccccc2[Si]3(c2ccccc2)c2ccccc2)cc1. The van der Waals surface area contributed by atoms with Crippen LogP contribution in [0.2, 0.25) is 0 Å². The van der Waals surface area contributed by atoms with Gasteiger partial charge in [-0.3, -0.25) is 0 Å². The summed E-state index contributed by atoms with van der Waals surface area (Å²) in [4.78, 5) is 0. The van der Waals surface area contributed by atoms with Gasteiger partial charge in [-0.25, -0.2) is 0 Å². The van der Waals surface area contributed by atoms with E-state index in [1.165, 1.54) is 86.9 Å². The van der Waals surface area contributed by atoms with E-state index in [2.05, 4.69) is 203 Å². The average molecular weight is 665 g/mol. The molecule has 0 spiro atoms. The molecule has 3 heterocycles. The van der Waals surface area contributed by atoms with Crippen LogP contribution in [0.25, 0.3) is 66.1 Å². The molecule has 0 aliphatic carbocycles. The van der Waals surface area contributed by atoms with E-state index in [1.807, 2.05) is 0 Å². The predicted octanol–water partition coefficient (Wildman–Crippen LogP) is 9.24. The Balaban J connectivity index is 1.33. The molecule has 10 aromatic rings. The van der Waals surface area contributed by atoms with Crippen LogP contribution in [-0.4, -0.2) is 17.2 Å². The lowest BCUT2D eigenvalue weighted by Gasteiger charge is -2.40. The highest BCUT2D eigenvalue weighted by Gasteiger charge is 2.48. The normalized spacial score (nSPS) is 13.3. The van der Waals surface area contributed by atoms with Crippen LogP contribution in [0, 0.1) is 0 Å². The first kappa shape index (κ1) is 28.4. The molecule has 0 unspecified atom stereocenters. The minimum Gasteiger partial charge on any atom is -0.309 e. The van der Waals surface area contributed by atoms with E-state index in [0.717, 1.165) is 0 Å². The maximum Gasteiger partial charge on any atom is 0.184 e. The summed E-state index contributed by atoms with van der Waals surface area (Å²) in [5.41, 5.74) is 9.95. The largest absolute Gasteiger partial charge is 0.309 e. The Morgan fingerprint density at radius 2 is 0.882 bits per heavy atom. The number of aromatic nitrogens is 2. The summed E-state index contributed by atoms with van der Waals surface area (Å²) >= 11 is 0. The summed E-state index contributed by atoms with van der Waals surface area (Å²) in [6.07, 6.45) is 0. The van der Waals surface area contributed by atoms with E-state index in [4.69, 9.17) is 0 Å². The van der Waals surface area contributed by atoms with Crippen molar-refractivity contribution < 1.29 is 0 Å². The van der Waals surface area contributed by atoms with Crippen molar-refractivity contribution in [3.8, 4) is 22.5 Å². The minimum absolute atomic E-state index is 1.20. The van der Waals surface area contributed by atoms with Crippen molar-refractivity contribution in [2.75, 3.05) is 0 Å². The second-order valence-electron chi connectivity index (χ2n) is 13.7. The molecule has 0 radical (unpaired) electrons. The monoisotopic (exact) mass is 664 g/mol. The lowest BCUT2D eigenvalue weighted by molar-refractivity contribution is 1.17. The van der Waals surface area contributed by atoms with Crippen LogP contribution in [0.4, 0.5) is 0 Å². The molecule has 0 saturated carbocycles. The molecule has 8 aromatic carbocycles. The Kier molecular flexibility index (Phi) is 6.01. The fourth-order valence-electron chi connectivity index (χ4n) is 9.10. The van der Waals surface area contributed by atoms with Crippen LogP contribution in [0.5, 0.6) is 0 Å².